The Morgan fingerprint density at radius 3 is 2.40 bits per heavy atom. The molecule has 1 aliphatic rings. The molecule has 0 spiro atoms. The Hall–Kier alpha value is -2.72. The van der Waals surface area contributed by atoms with Gasteiger partial charge in [-0.1, -0.05) is 0 Å². The number of carbonyl (C=O) groups excluding carboxylic acids is 1. The number of benzene rings is 2. The van der Waals surface area contributed by atoms with E-state index in [0.717, 1.165) is 24.6 Å². The summed E-state index contributed by atoms with van der Waals surface area (Å²) >= 11 is 1.81. The molecule has 0 atom stereocenters. The third-order valence-corrected chi connectivity index (χ3v) is 6.85. The van der Waals surface area contributed by atoms with Crippen molar-refractivity contribution in [3.8, 4) is 0 Å². The highest BCUT2D eigenvalue weighted by Crippen LogP contribution is 2.28. The minimum absolute atomic E-state index is 0.0414. The number of rotatable bonds is 7. The number of hydrogen-bond acceptors (Lipinski definition) is 7. The van der Waals surface area contributed by atoms with Gasteiger partial charge in [0.15, 0.2) is 0 Å². The molecule has 2 N–H and O–H groups in total. The number of thioether (sulfide) groups is 1. The lowest BCUT2D eigenvalue weighted by Gasteiger charge is -2.29. The molecular formula is C20H22N2O6S2. The number of hydrogen-bond donors (Lipinski definition) is 2. The van der Waals surface area contributed by atoms with E-state index in [9.17, 15) is 23.1 Å². The zero-order valence-electron chi connectivity index (χ0n) is 16.3. The average Bonchev–Trinajstić information content (AvgIpc) is 2.74. The number of nitrogens with zero attached hydrogens (tertiary/aromatic N) is 1. The number of sulfonamides is 1. The van der Waals surface area contributed by atoms with Crippen molar-refractivity contribution in [2.75, 3.05) is 40.8 Å². The molecule has 1 aliphatic heterocycles. The highest BCUT2D eigenvalue weighted by molar-refractivity contribution is 7.99. The number of ether oxygens (including phenoxy) is 1. The molecule has 3 rings (SSSR count). The van der Waals surface area contributed by atoms with E-state index in [1.807, 2.05) is 16.7 Å². The van der Waals surface area contributed by atoms with Gasteiger partial charge >= 0.3 is 11.9 Å². The van der Waals surface area contributed by atoms with Crippen LogP contribution in [-0.2, 0) is 14.8 Å². The van der Waals surface area contributed by atoms with Crippen LogP contribution in [0.3, 0.4) is 0 Å². The highest BCUT2D eigenvalue weighted by atomic mass is 32.2. The van der Waals surface area contributed by atoms with Crippen LogP contribution < -0.4 is 9.62 Å². The second-order valence-electron chi connectivity index (χ2n) is 6.49. The van der Waals surface area contributed by atoms with E-state index in [-0.39, 0.29) is 28.3 Å². The SMILES string of the molecule is CCOC(=O)c1ccc(S(=O)(=O)Nc2ccc(N3CCSCC3)c(C(=O)O)c2)cc1. The van der Waals surface area contributed by atoms with Crippen molar-refractivity contribution >= 4 is 45.1 Å². The van der Waals surface area contributed by atoms with Crippen molar-refractivity contribution in [1.29, 1.82) is 0 Å². The summed E-state index contributed by atoms with van der Waals surface area (Å²) in [5, 5.41) is 9.61. The molecule has 0 aliphatic carbocycles. The van der Waals surface area contributed by atoms with Gasteiger partial charge in [-0.25, -0.2) is 18.0 Å². The maximum absolute atomic E-state index is 12.7. The fourth-order valence-corrected chi connectivity index (χ4v) is 5.00. The molecule has 2 aromatic carbocycles. The number of nitrogens with one attached hydrogen (secondary N) is 1. The zero-order chi connectivity index (χ0) is 21.7. The van der Waals surface area contributed by atoms with Crippen LogP contribution in [0.15, 0.2) is 47.4 Å². The molecule has 1 heterocycles. The van der Waals surface area contributed by atoms with Gasteiger partial charge < -0.3 is 14.7 Å². The van der Waals surface area contributed by atoms with Gasteiger partial charge in [0.05, 0.1) is 28.3 Å². The van der Waals surface area contributed by atoms with Crippen molar-refractivity contribution < 1.29 is 27.9 Å². The Labute approximate surface area is 179 Å². The Kier molecular flexibility index (Phi) is 6.88. The summed E-state index contributed by atoms with van der Waals surface area (Å²) in [6, 6.07) is 9.83. The first kappa shape index (κ1) is 22.0. The van der Waals surface area contributed by atoms with Crippen LogP contribution in [0.5, 0.6) is 0 Å². The first-order valence-corrected chi connectivity index (χ1v) is 12.0. The molecule has 0 saturated carbocycles. The topological polar surface area (TPSA) is 113 Å². The number of aromatic carboxylic acids is 1. The normalized spacial score (nSPS) is 14.2. The lowest BCUT2D eigenvalue weighted by Crippen LogP contribution is -2.33. The summed E-state index contributed by atoms with van der Waals surface area (Å²) in [6.45, 7) is 3.38. The molecule has 0 radical (unpaired) electrons. The van der Waals surface area contributed by atoms with Crippen LogP contribution in [0, 0.1) is 0 Å². The Bertz CT molecular complexity index is 1030. The summed E-state index contributed by atoms with van der Waals surface area (Å²) in [5.41, 5.74) is 1.01. The molecule has 30 heavy (non-hydrogen) atoms. The minimum Gasteiger partial charge on any atom is -0.478 e. The molecule has 0 amide bonds. The van der Waals surface area contributed by atoms with Gasteiger partial charge in [0.25, 0.3) is 10.0 Å². The van der Waals surface area contributed by atoms with Crippen LogP contribution >= 0.6 is 11.8 Å². The third kappa shape index (κ3) is 5.06. The third-order valence-electron chi connectivity index (χ3n) is 4.51. The van der Waals surface area contributed by atoms with E-state index in [0.29, 0.717) is 5.69 Å². The number of carboxylic acids is 1. The standard InChI is InChI=1S/C20H22N2O6S2/c1-2-28-20(25)14-3-6-16(7-4-14)30(26,27)21-15-5-8-18(17(13-15)19(23)24)22-9-11-29-12-10-22/h3-8,13,21H,2,9-12H2,1H3,(H,23,24). The van der Waals surface area contributed by atoms with Gasteiger partial charge in [0, 0.05) is 30.3 Å². The molecule has 160 valence electrons. The summed E-state index contributed by atoms with van der Waals surface area (Å²) in [6.07, 6.45) is 0. The summed E-state index contributed by atoms with van der Waals surface area (Å²) in [7, 11) is -3.96. The molecule has 2 aromatic rings. The van der Waals surface area contributed by atoms with Crippen LogP contribution in [-0.4, -0.2) is 56.7 Å². The molecule has 8 nitrogen and oxygen atoms in total. The second kappa shape index (κ2) is 9.40. The van der Waals surface area contributed by atoms with Crippen LogP contribution in [0.4, 0.5) is 11.4 Å². The van der Waals surface area contributed by atoms with E-state index in [4.69, 9.17) is 4.74 Å². The summed E-state index contributed by atoms with van der Waals surface area (Å²) in [4.78, 5) is 25.4. The second-order valence-corrected chi connectivity index (χ2v) is 9.39. The first-order valence-electron chi connectivity index (χ1n) is 9.32. The molecule has 1 saturated heterocycles. The van der Waals surface area contributed by atoms with Crippen molar-refractivity contribution in [1.82, 2.24) is 0 Å². The number of anilines is 2. The van der Waals surface area contributed by atoms with Gasteiger partial charge in [-0.05, 0) is 49.4 Å². The number of carboxylic acid groups (broad SMARTS) is 1. The van der Waals surface area contributed by atoms with Gasteiger partial charge in [-0.3, -0.25) is 4.72 Å². The van der Waals surface area contributed by atoms with Crippen molar-refractivity contribution in [3.05, 3.63) is 53.6 Å². The Balaban J connectivity index is 1.83. The predicted octanol–water partition coefficient (Wildman–Crippen LogP) is 2.92. The van der Waals surface area contributed by atoms with Gasteiger partial charge in [-0.2, -0.15) is 11.8 Å². The van der Waals surface area contributed by atoms with E-state index in [2.05, 4.69) is 4.72 Å². The van der Waals surface area contributed by atoms with Gasteiger partial charge in [-0.15, -0.1) is 0 Å². The van der Waals surface area contributed by atoms with Crippen LogP contribution in [0.1, 0.15) is 27.6 Å². The smallest absolute Gasteiger partial charge is 0.338 e. The lowest BCUT2D eigenvalue weighted by atomic mass is 10.1. The fourth-order valence-electron chi connectivity index (χ4n) is 3.05. The Morgan fingerprint density at radius 1 is 1.13 bits per heavy atom. The van der Waals surface area contributed by atoms with Gasteiger partial charge in [0.2, 0.25) is 0 Å². The quantitative estimate of drug-likeness (QED) is 0.619. The minimum atomic E-state index is -3.96. The zero-order valence-corrected chi connectivity index (χ0v) is 18.0. The van der Waals surface area contributed by atoms with Crippen molar-refractivity contribution in [2.24, 2.45) is 0 Å². The van der Waals surface area contributed by atoms with Crippen molar-refractivity contribution in [3.63, 3.8) is 0 Å². The summed E-state index contributed by atoms with van der Waals surface area (Å²) < 4.78 is 32.7. The highest BCUT2D eigenvalue weighted by Gasteiger charge is 2.21. The molecule has 1 fully saturated rings. The van der Waals surface area contributed by atoms with E-state index < -0.39 is 22.0 Å². The van der Waals surface area contributed by atoms with Crippen LogP contribution in [0.2, 0.25) is 0 Å². The molecule has 10 heteroatoms. The van der Waals surface area contributed by atoms with E-state index >= 15 is 0 Å². The van der Waals surface area contributed by atoms with E-state index in [1.165, 1.54) is 30.3 Å². The van der Waals surface area contributed by atoms with Crippen molar-refractivity contribution in [2.45, 2.75) is 11.8 Å². The molecule has 0 bridgehead atoms. The molecule has 0 aromatic heterocycles. The molecular weight excluding hydrogens is 428 g/mol. The maximum Gasteiger partial charge on any atom is 0.338 e. The Morgan fingerprint density at radius 2 is 1.80 bits per heavy atom. The summed E-state index contributed by atoms with van der Waals surface area (Å²) in [5.74, 6) is 0.167. The average molecular weight is 451 g/mol. The maximum atomic E-state index is 12.7. The number of esters is 1. The monoisotopic (exact) mass is 450 g/mol. The largest absolute Gasteiger partial charge is 0.478 e. The van der Waals surface area contributed by atoms with Crippen LogP contribution in [0.25, 0.3) is 0 Å². The lowest BCUT2D eigenvalue weighted by molar-refractivity contribution is 0.0525. The van der Waals surface area contributed by atoms with Gasteiger partial charge in [0.1, 0.15) is 0 Å². The fraction of sp³-hybridized carbons (Fsp3) is 0.300. The first-order chi connectivity index (χ1) is 14.3. The number of carbonyl (C=O) groups is 2. The molecule has 0 unspecified atom stereocenters. The predicted molar refractivity (Wildman–Crippen MR) is 116 cm³/mol. The van der Waals surface area contributed by atoms with E-state index in [1.54, 1.807) is 19.1 Å².